The Bertz CT molecular complexity index is 195. The van der Waals surface area contributed by atoms with Crippen molar-refractivity contribution in [2.75, 3.05) is 33.8 Å². The van der Waals surface area contributed by atoms with Gasteiger partial charge in [0, 0.05) is 6.54 Å². The van der Waals surface area contributed by atoms with Gasteiger partial charge < -0.3 is 15.0 Å². The average molecular weight is 230 g/mol. The lowest BCUT2D eigenvalue weighted by atomic mass is 10.1. The fourth-order valence-corrected chi connectivity index (χ4v) is 1.69. The van der Waals surface area contributed by atoms with Crippen molar-refractivity contribution in [1.29, 1.82) is 0 Å². The second kappa shape index (κ2) is 8.53. The minimum atomic E-state index is -0.186. The Morgan fingerprint density at radius 2 is 2.06 bits per heavy atom. The maximum absolute atomic E-state index is 11.5. The average Bonchev–Trinajstić information content (AvgIpc) is 2.17. The zero-order chi connectivity index (χ0) is 12.6. The fraction of sp³-hybridized carbons (Fsp3) is 0.917. The van der Waals surface area contributed by atoms with Gasteiger partial charge in [-0.2, -0.15) is 0 Å². The number of ether oxygens (including phenoxy) is 1. The van der Waals surface area contributed by atoms with Crippen molar-refractivity contribution in [3.8, 4) is 0 Å². The Morgan fingerprint density at radius 1 is 1.44 bits per heavy atom. The maximum Gasteiger partial charge on any atom is 0.323 e. The van der Waals surface area contributed by atoms with E-state index in [1.807, 2.05) is 6.92 Å². The minimum absolute atomic E-state index is 0.150. The predicted molar refractivity (Wildman–Crippen MR) is 66.4 cm³/mol. The summed E-state index contributed by atoms with van der Waals surface area (Å²) in [6.45, 7) is 8.62. The molecule has 0 saturated carbocycles. The van der Waals surface area contributed by atoms with Crippen LogP contribution in [-0.2, 0) is 9.53 Å². The summed E-state index contributed by atoms with van der Waals surface area (Å²) in [4.78, 5) is 13.8. The second-order valence-electron chi connectivity index (χ2n) is 4.54. The van der Waals surface area contributed by atoms with Crippen LogP contribution in [-0.4, -0.2) is 50.7 Å². The summed E-state index contributed by atoms with van der Waals surface area (Å²) in [7, 11) is 3.88. The van der Waals surface area contributed by atoms with Crippen LogP contribution in [0.1, 0.15) is 27.2 Å². The lowest BCUT2D eigenvalue weighted by Gasteiger charge is -2.21. The van der Waals surface area contributed by atoms with E-state index < -0.39 is 0 Å². The van der Waals surface area contributed by atoms with Crippen LogP contribution in [0.15, 0.2) is 0 Å². The van der Waals surface area contributed by atoms with Gasteiger partial charge in [0.15, 0.2) is 0 Å². The third-order valence-corrected chi connectivity index (χ3v) is 2.40. The summed E-state index contributed by atoms with van der Waals surface area (Å²) in [5, 5.41) is 2.99. The molecule has 16 heavy (non-hydrogen) atoms. The molecule has 0 amide bonds. The molecule has 0 aliphatic carbocycles. The molecule has 1 atom stereocenters. The quantitative estimate of drug-likeness (QED) is 0.634. The maximum atomic E-state index is 11.5. The van der Waals surface area contributed by atoms with E-state index in [9.17, 15) is 4.79 Å². The molecule has 0 spiro atoms. The molecule has 4 nitrogen and oxygen atoms in total. The van der Waals surface area contributed by atoms with Gasteiger partial charge in [-0.05, 0) is 39.9 Å². The van der Waals surface area contributed by atoms with Crippen LogP contribution in [0.3, 0.4) is 0 Å². The molecule has 0 aliphatic heterocycles. The smallest absolute Gasteiger partial charge is 0.323 e. The van der Waals surface area contributed by atoms with Gasteiger partial charge in [0.25, 0.3) is 0 Å². The van der Waals surface area contributed by atoms with E-state index in [2.05, 4.69) is 31.1 Å². The highest BCUT2D eigenvalue weighted by Crippen LogP contribution is 2.00. The number of esters is 1. The minimum Gasteiger partial charge on any atom is -0.465 e. The first-order valence-corrected chi connectivity index (χ1v) is 6.03. The van der Waals surface area contributed by atoms with Crippen LogP contribution in [0, 0.1) is 5.92 Å². The van der Waals surface area contributed by atoms with Crippen molar-refractivity contribution < 1.29 is 9.53 Å². The van der Waals surface area contributed by atoms with E-state index >= 15 is 0 Å². The standard InChI is InChI=1S/C12H26N2O2/c1-6-16-12(15)11(13-4)7-8-14(5)9-10(2)3/h10-11,13H,6-9H2,1-5H3. The Kier molecular flexibility index (Phi) is 8.21. The number of hydrogen-bond donors (Lipinski definition) is 1. The molecule has 0 aromatic heterocycles. The molecular weight excluding hydrogens is 204 g/mol. The van der Waals surface area contributed by atoms with Crippen LogP contribution in [0.4, 0.5) is 0 Å². The van der Waals surface area contributed by atoms with Crippen LogP contribution in [0.5, 0.6) is 0 Å². The van der Waals surface area contributed by atoms with Crippen LogP contribution in [0.2, 0.25) is 0 Å². The first kappa shape index (κ1) is 15.4. The summed E-state index contributed by atoms with van der Waals surface area (Å²) < 4.78 is 4.99. The van der Waals surface area contributed by atoms with Gasteiger partial charge in [-0.25, -0.2) is 0 Å². The van der Waals surface area contributed by atoms with Crippen molar-refractivity contribution in [3.05, 3.63) is 0 Å². The largest absolute Gasteiger partial charge is 0.465 e. The molecule has 0 aromatic rings. The second-order valence-corrected chi connectivity index (χ2v) is 4.54. The summed E-state index contributed by atoms with van der Waals surface area (Å²) in [5.41, 5.74) is 0. The molecular formula is C12H26N2O2. The Balaban J connectivity index is 3.90. The molecule has 0 heterocycles. The van der Waals surface area contributed by atoms with Gasteiger partial charge >= 0.3 is 5.97 Å². The van der Waals surface area contributed by atoms with Crippen molar-refractivity contribution in [2.45, 2.75) is 33.2 Å². The van der Waals surface area contributed by atoms with Gasteiger partial charge in [0.05, 0.1) is 6.61 Å². The third kappa shape index (κ3) is 6.80. The highest BCUT2D eigenvalue weighted by atomic mass is 16.5. The number of nitrogens with zero attached hydrogens (tertiary/aromatic N) is 1. The van der Waals surface area contributed by atoms with Crippen LogP contribution in [0.25, 0.3) is 0 Å². The number of likely N-dealkylation sites (N-methyl/N-ethyl adjacent to an activating group) is 1. The Hall–Kier alpha value is -0.610. The predicted octanol–water partition coefficient (Wildman–Crippen LogP) is 1.12. The summed E-state index contributed by atoms with van der Waals surface area (Å²) >= 11 is 0. The first-order valence-electron chi connectivity index (χ1n) is 6.03. The van der Waals surface area contributed by atoms with E-state index in [0.717, 1.165) is 19.5 Å². The molecule has 0 aliphatic rings. The van der Waals surface area contributed by atoms with Crippen LogP contribution >= 0.6 is 0 Å². The van der Waals surface area contributed by atoms with Crippen molar-refractivity contribution in [2.24, 2.45) is 5.92 Å². The van der Waals surface area contributed by atoms with Gasteiger partial charge in [-0.3, -0.25) is 4.79 Å². The SMILES string of the molecule is CCOC(=O)C(CCN(C)CC(C)C)NC. The molecule has 4 heteroatoms. The zero-order valence-corrected chi connectivity index (χ0v) is 11.2. The Morgan fingerprint density at radius 3 is 2.50 bits per heavy atom. The summed E-state index contributed by atoms with van der Waals surface area (Å²) in [6.07, 6.45) is 0.790. The lowest BCUT2D eigenvalue weighted by Crippen LogP contribution is -2.39. The highest BCUT2D eigenvalue weighted by Gasteiger charge is 2.17. The number of carbonyl (C=O) groups excluding carboxylic acids is 1. The normalized spacial score (nSPS) is 13.2. The number of carbonyl (C=O) groups is 1. The molecule has 1 N–H and O–H groups in total. The highest BCUT2D eigenvalue weighted by molar-refractivity contribution is 5.75. The lowest BCUT2D eigenvalue weighted by molar-refractivity contribution is -0.145. The van der Waals surface area contributed by atoms with E-state index in [1.54, 1.807) is 7.05 Å². The molecule has 0 bridgehead atoms. The molecule has 0 radical (unpaired) electrons. The van der Waals surface area contributed by atoms with Gasteiger partial charge in [-0.1, -0.05) is 13.8 Å². The van der Waals surface area contributed by atoms with Crippen molar-refractivity contribution >= 4 is 5.97 Å². The molecule has 96 valence electrons. The van der Waals surface area contributed by atoms with E-state index in [1.165, 1.54) is 0 Å². The molecule has 0 fully saturated rings. The fourth-order valence-electron chi connectivity index (χ4n) is 1.69. The van der Waals surface area contributed by atoms with E-state index in [0.29, 0.717) is 12.5 Å². The van der Waals surface area contributed by atoms with Gasteiger partial charge in [-0.15, -0.1) is 0 Å². The number of rotatable bonds is 8. The van der Waals surface area contributed by atoms with E-state index in [-0.39, 0.29) is 12.0 Å². The zero-order valence-electron chi connectivity index (χ0n) is 11.2. The van der Waals surface area contributed by atoms with Crippen molar-refractivity contribution in [1.82, 2.24) is 10.2 Å². The molecule has 0 saturated heterocycles. The third-order valence-electron chi connectivity index (χ3n) is 2.40. The number of hydrogen-bond acceptors (Lipinski definition) is 4. The monoisotopic (exact) mass is 230 g/mol. The van der Waals surface area contributed by atoms with Gasteiger partial charge in [0.2, 0.25) is 0 Å². The summed E-state index contributed by atoms with van der Waals surface area (Å²) in [6, 6.07) is -0.186. The van der Waals surface area contributed by atoms with Crippen molar-refractivity contribution in [3.63, 3.8) is 0 Å². The van der Waals surface area contributed by atoms with Crippen LogP contribution < -0.4 is 5.32 Å². The topological polar surface area (TPSA) is 41.6 Å². The molecule has 0 aromatic carbocycles. The molecule has 0 rings (SSSR count). The molecule has 1 unspecified atom stereocenters. The number of nitrogens with one attached hydrogen (secondary N) is 1. The van der Waals surface area contributed by atoms with Gasteiger partial charge in [0.1, 0.15) is 6.04 Å². The Labute approximate surface area is 99.3 Å². The van der Waals surface area contributed by atoms with E-state index in [4.69, 9.17) is 4.74 Å². The summed E-state index contributed by atoms with van der Waals surface area (Å²) in [5.74, 6) is 0.503. The first-order chi connectivity index (χ1) is 7.51.